The molecule has 2 aromatic heterocycles. The molecule has 49 heavy (non-hydrogen) atoms. The molecule has 234 valence electrons. The molecule has 0 saturated heterocycles. The Morgan fingerprint density at radius 3 is 0.878 bits per heavy atom. The minimum atomic E-state index is -2.64. The Labute approximate surface area is 299 Å². The molecule has 8 aromatic rings. The summed E-state index contributed by atoms with van der Waals surface area (Å²) in [5.41, 5.74) is 0. The summed E-state index contributed by atoms with van der Waals surface area (Å²) in [6, 6.07) is 72.9. The van der Waals surface area contributed by atoms with E-state index in [0.29, 0.717) is 0 Å². The van der Waals surface area contributed by atoms with E-state index in [-0.39, 0.29) is 0 Å². The Morgan fingerprint density at radius 2 is 0.592 bits per heavy atom. The van der Waals surface area contributed by atoms with Crippen molar-refractivity contribution in [3.05, 3.63) is 194 Å². The van der Waals surface area contributed by atoms with E-state index < -0.39 is 23.9 Å². The minimum absolute atomic E-state index is 0.710. The highest BCUT2D eigenvalue weighted by Gasteiger charge is 2.51. The second-order valence-electron chi connectivity index (χ2n) is 12.1. The molecule has 0 nitrogen and oxygen atoms in total. The van der Waals surface area contributed by atoms with Gasteiger partial charge in [0.05, 0.1) is 0 Å². The van der Waals surface area contributed by atoms with Crippen molar-refractivity contribution in [2.45, 2.75) is 0 Å². The average Bonchev–Trinajstić information content (AvgIpc) is 3.86. The van der Waals surface area contributed by atoms with Crippen molar-refractivity contribution in [2.75, 3.05) is 0 Å². The number of thiophene rings is 2. The number of hydrogen-bond acceptors (Lipinski definition) is 2. The lowest BCUT2D eigenvalue weighted by Crippen LogP contribution is -2.72. The third kappa shape index (κ3) is 5.33. The topological polar surface area (TPSA) is 0 Å². The van der Waals surface area contributed by atoms with Gasteiger partial charge < -0.3 is 0 Å². The molecule has 0 unspecified atom stereocenters. The van der Waals surface area contributed by atoms with E-state index in [0.717, 1.165) is 0 Å². The van der Waals surface area contributed by atoms with Gasteiger partial charge in [-0.2, -0.15) is 0 Å². The van der Waals surface area contributed by atoms with Crippen molar-refractivity contribution >= 4 is 97.8 Å². The molecule has 0 N–H and O–H groups in total. The zero-order valence-electron chi connectivity index (χ0n) is 26.7. The highest BCUT2D eigenvalue weighted by atomic mass is 32.1. The molecule has 6 aromatic carbocycles. The van der Waals surface area contributed by atoms with Crippen LogP contribution in [0.2, 0.25) is 0 Å². The van der Waals surface area contributed by atoms with E-state index in [1.54, 1.807) is 10.4 Å². The predicted molar refractivity (Wildman–Crippen MR) is 222 cm³/mol. The van der Waals surface area contributed by atoms with Crippen LogP contribution in [-0.4, -0.2) is 8.07 Å². The van der Waals surface area contributed by atoms with Gasteiger partial charge in [0.15, 0.2) is 8.07 Å². The summed E-state index contributed by atoms with van der Waals surface area (Å²) in [6.07, 6.45) is 0. The van der Waals surface area contributed by atoms with Crippen LogP contribution < -0.4 is 51.2 Å². The zero-order chi connectivity index (χ0) is 32.6. The molecule has 0 radical (unpaired) electrons. The van der Waals surface area contributed by atoms with Crippen LogP contribution in [0.4, 0.5) is 0 Å². The number of rotatable bonds is 8. The molecule has 1 aliphatic rings. The molecular formula is C44H32P2S2Si. The Kier molecular flexibility index (Phi) is 8.34. The standard InChI is InChI=1S/C44H32P2S2Si/c1-7-19-33(20-8-1)45(34-21-9-2-10-22-34)41-31-39-43(47-41)44-40(49(39,37-27-15-5-16-28-37)38-29-17-6-18-30-38)32-42(48-44)46(35-23-11-3-12-24-35)36-25-13-4-14-26-36/h1-32H. The molecule has 0 bridgehead atoms. The van der Waals surface area contributed by atoms with Crippen molar-refractivity contribution in [1.82, 2.24) is 0 Å². The van der Waals surface area contributed by atoms with Crippen LogP contribution in [0.25, 0.3) is 9.75 Å². The number of fused-ring (bicyclic) bond motifs is 3. The third-order valence-corrected chi connectivity index (χ3v) is 22.6. The summed E-state index contributed by atoms with van der Waals surface area (Å²) in [6.45, 7) is 0. The largest absolute Gasteiger partial charge is 0.182 e. The molecule has 3 heterocycles. The van der Waals surface area contributed by atoms with Crippen LogP contribution >= 0.6 is 38.5 Å². The fourth-order valence-electron chi connectivity index (χ4n) is 7.30. The number of benzene rings is 6. The highest BCUT2D eigenvalue weighted by molar-refractivity contribution is 7.85. The van der Waals surface area contributed by atoms with E-state index in [1.165, 1.54) is 50.6 Å². The fraction of sp³-hybridized carbons (Fsp3) is 0. The van der Waals surface area contributed by atoms with E-state index in [9.17, 15) is 0 Å². The average molecular weight is 715 g/mol. The van der Waals surface area contributed by atoms with E-state index >= 15 is 0 Å². The van der Waals surface area contributed by atoms with Crippen molar-refractivity contribution in [2.24, 2.45) is 0 Å². The normalized spacial score (nSPS) is 13.0. The summed E-state index contributed by atoms with van der Waals surface area (Å²) >= 11 is 4.10. The monoisotopic (exact) mass is 714 g/mol. The second kappa shape index (κ2) is 13.3. The van der Waals surface area contributed by atoms with Gasteiger partial charge in [0.25, 0.3) is 0 Å². The molecule has 0 atom stereocenters. The van der Waals surface area contributed by atoms with Crippen molar-refractivity contribution in [3.8, 4) is 9.75 Å². The zero-order valence-corrected chi connectivity index (χ0v) is 31.1. The fourth-order valence-corrected chi connectivity index (χ4v) is 22.4. The van der Waals surface area contributed by atoms with Crippen LogP contribution in [0.15, 0.2) is 194 Å². The van der Waals surface area contributed by atoms with Gasteiger partial charge in [-0.15, -0.1) is 22.7 Å². The summed E-state index contributed by atoms with van der Waals surface area (Å²) < 4.78 is 2.96. The molecule has 0 saturated carbocycles. The van der Waals surface area contributed by atoms with E-state index in [4.69, 9.17) is 0 Å². The van der Waals surface area contributed by atoms with E-state index in [2.05, 4.69) is 217 Å². The lowest BCUT2D eigenvalue weighted by atomic mass is 10.4. The first kappa shape index (κ1) is 30.8. The second-order valence-corrected chi connectivity index (χ2v) is 23.0. The lowest BCUT2D eigenvalue weighted by molar-refractivity contribution is 1.71. The summed E-state index contributed by atoms with van der Waals surface area (Å²) in [7, 11) is -4.06. The van der Waals surface area contributed by atoms with Crippen LogP contribution in [0.3, 0.4) is 0 Å². The van der Waals surface area contributed by atoms with E-state index in [1.807, 2.05) is 0 Å². The molecule has 9 rings (SSSR count). The molecule has 0 spiro atoms. The van der Waals surface area contributed by atoms with Gasteiger partial charge in [-0.3, -0.25) is 0 Å². The lowest BCUT2D eigenvalue weighted by Gasteiger charge is -2.30. The first-order valence-electron chi connectivity index (χ1n) is 16.5. The maximum atomic E-state index is 2.64. The molecule has 0 amide bonds. The Balaban J connectivity index is 1.34. The first-order chi connectivity index (χ1) is 24.3. The summed E-state index contributed by atoms with van der Waals surface area (Å²) in [5.74, 6) is 0. The highest BCUT2D eigenvalue weighted by Crippen LogP contribution is 2.44. The van der Waals surface area contributed by atoms with Gasteiger partial charge in [0.1, 0.15) is 0 Å². The molecular weight excluding hydrogens is 683 g/mol. The van der Waals surface area contributed by atoms with Gasteiger partial charge in [-0.25, -0.2) is 0 Å². The van der Waals surface area contributed by atoms with Crippen LogP contribution in [0.5, 0.6) is 0 Å². The summed E-state index contributed by atoms with van der Waals surface area (Å²) in [5, 5.41) is 11.6. The van der Waals surface area contributed by atoms with Crippen molar-refractivity contribution in [3.63, 3.8) is 0 Å². The first-order valence-corrected chi connectivity index (χ1v) is 22.8. The van der Waals surface area contributed by atoms with Crippen LogP contribution in [-0.2, 0) is 0 Å². The Morgan fingerprint density at radius 1 is 0.327 bits per heavy atom. The van der Waals surface area contributed by atoms with Gasteiger partial charge in [0, 0.05) is 19.0 Å². The van der Waals surface area contributed by atoms with Crippen LogP contribution in [0, 0.1) is 0 Å². The van der Waals surface area contributed by atoms with Crippen molar-refractivity contribution < 1.29 is 0 Å². The maximum Gasteiger partial charge on any atom is 0.182 e. The summed E-state index contributed by atoms with van der Waals surface area (Å²) in [4.78, 5) is 2.96. The Bertz CT molecular complexity index is 2070. The molecule has 0 aliphatic carbocycles. The molecule has 1 aliphatic heterocycles. The van der Waals surface area contributed by atoms with Crippen molar-refractivity contribution in [1.29, 1.82) is 0 Å². The quantitative estimate of drug-likeness (QED) is 0.122. The smallest absolute Gasteiger partial charge is 0.134 e. The maximum absolute atomic E-state index is 2.64. The van der Waals surface area contributed by atoms with Gasteiger partial charge in [0.2, 0.25) is 0 Å². The van der Waals surface area contributed by atoms with Crippen LogP contribution in [0.1, 0.15) is 0 Å². The predicted octanol–water partition coefficient (Wildman–Crippen LogP) is 6.68. The van der Waals surface area contributed by atoms with Gasteiger partial charge in [-0.05, 0) is 69.9 Å². The Hall–Kier alpha value is -4.20. The van der Waals surface area contributed by atoms with Gasteiger partial charge in [-0.1, -0.05) is 182 Å². The SMILES string of the molecule is c1ccc(P(c2ccccc2)c2cc3c(s2)-c2sc(P(c4ccccc4)c4ccccc4)cc2[Si]3(c2ccccc2)c2ccccc2)cc1. The third-order valence-electron chi connectivity index (χ3n) is 9.36. The molecule has 5 heteroatoms. The number of hydrogen-bond donors (Lipinski definition) is 0. The van der Waals surface area contributed by atoms with Gasteiger partial charge >= 0.3 is 0 Å². The molecule has 0 fully saturated rings. The minimum Gasteiger partial charge on any atom is -0.134 e.